The quantitative estimate of drug-likeness (QED) is 0.749. The first-order valence-electron chi connectivity index (χ1n) is 7.58. The van der Waals surface area contributed by atoms with Gasteiger partial charge in [0, 0.05) is 0 Å². The van der Waals surface area contributed by atoms with E-state index in [1.165, 1.54) is 0 Å². The van der Waals surface area contributed by atoms with Crippen molar-refractivity contribution in [1.29, 1.82) is 0 Å². The topological polar surface area (TPSA) is 77.2 Å². The minimum atomic E-state index is -0.251. The van der Waals surface area contributed by atoms with Crippen molar-refractivity contribution in [2.24, 2.45) is 0 Å². The second-order valence-corrected chi connectivity index (χ2v) is 5.83. The highest BCUT2D eigenvalue weighted by molar-refractivity contribution is 6.33. The summed E-state index contributed by atoms with van der Waals surface area (Å²) in [6.07, 6.45) is 0.189. The summed E-state index contributed by atoms with van der Waals surface area (Å²) in [4.78, 5) is 12.2. The highest BCUT2D eigenvalue weighted by atomic mass is 35.5. The Morgan fingerprint density at radius 2 is 2.04 bits per heavy atom. The predicted molar refractivity (Wildman–Crippen MR) is 94.8 cm³/mol. The molecule has 0 unspecified atom stereocenters. The number of aryl methyl sites for hydroxylation is 1. The highest BCUT2D eigenvalue weighted by Crippen LogP contribution is 2.27. The predicted octanol–water partition coefficient (Wildman–Crippen LogP) is 3.89. The number of aromatic nitrogens is 2. The van der Waals surface area contributed by atoms with Crippen LogP contribution in [0.1, 0.15) is 11.1 Å². The zero-order chi connectivity index (χ0) is 17.8. The van der Waals surface area contributed by atoms with Gasteiger partial charge in [-0.3, -0.25) is 10.1 Å². The lowest BCUT2D eigenvalue weighted by Crippen LogP contribution is -2.14. The number of hydrogen-bond donors (Lipinski definition) is 1. The summed E-state index contributed by atoms with van der Waals surface area (Å²) in [5.41, 5.74) is 2.44. The van der Waals surface area contributed by atoms with Crippen molar-refractivity contribution in [3.63, 3.8) is 0 Å². The van der Waals surface area contributed by atoms with Gasteiger partial charge in [0.05, 0.1) is 24.1 Å². The molecule has 3 aromatic rings. The van der Waals surface area contributed by atoms with Crippen molar-refractivity contribution in [3.05, 3.63) is 58.6 Å². The number of ether oxygens (including phenoxy) is 1. The van der Waals surface area contributed by atoms with Crippen LogP contribution in [0.3, 0.4) is 0 Å². The van der Waals surface area contributed by atoms with E-state index in [2.05, 4.69) is 15.5 Å². The first kappa shape index (κ1) is 17.0. The van der Waals surface area contributed by atoms with Gasteiger partial charge in [-0.05, 0) is 36.2 Å². The average molecular weight is 358 g/mol. The molecule has 0 bridgehead atoms. The molecule has 0 aliphatic carbocycles. The van der Waals surface area contributed by atoms with Crippen molar-refractivity contribution in [2.45, 2.75) is 13.3 Å². The fourth-order valence-corrected chi connectivity index (χ4v) is 2.63. The summed E-state index contributed by atoms with van der Waals surface area (Å²) >= 11 is 6.10. The average Bonchev–Trinajstić information content (AvgIpc) is 3.03. The molecule has 1 amide bonds. The van der Waals surface area contributed by atoms with Crippen molar-refractivity contribution < 1.29 is 13.9 Å². The molecule has 0 aliphatic heterocycles. The third-order valence-electron chi connectivity index (χ3n) is 3.60. The Balaban J connectivity index is 1.68. The maximum atomic E-state index is 12.2. The second-order valence-electron chi connectivity index (χ2n) is 5.42. The molecule has 7 heteroatoms. The van der Waals surface area contributed by atoms with Crippen LogP contribution in [0.25, 0.3) is 11.5 Å². The van der Waals surface area contributed by atoms with Crippen molar-refractivity contribution >= 4 is 23.5 Å². The Morgan fingerprint density at radius 3 is 2.76 bits per heavy atom. The molecule has 3 rings (SSSR count). The van der Waals surface area contributed by atoms with Gasteiger partial charge in [0.2, 0.25) is 5.91 Å². The van der Waals surface area contributed by atoms with Crippen LogP contribution < -0.4 is 10.1 Å². The molecule has 128 valence electrons. The van der Waals surface area contributed by atoms with Crippen LogP contribution in [0.2, 0.25) is 5.02 Å². The summed E-state index contributed by atoms with van der Waals surface area (Å²) in [6, 6.07) is 12.7. The molecule has 6 nitrogen and oxygen atoms in total. The van der Waals surface area contributed by atoms with Gasteiger partial charge in [-0.1, -0.05) is 41.0 Å². The standard InChI is InChI=1S/C18H16ClN3O3/c1-11-9-12(7-8-15(11)24-2)10-16(23)20-18-22-21-17(25-18)13-5-3-4-6-14(13)19/h3-9H,10H2,1-2H3,(H,20,22,23). The summed E-state index contributed by atoms with van der Waals surface area (Å²) in [5.74, 6) is 0.783. The Kier molecular flexibility index (Phi) is 5.00. The lowest BCUT2D eigenvalue weighted by Gasteiger charge is -2.07. The molecule has 0 saturated heterocycles. The number of methoxy groups -OCH3 is 1. The Morgan fingerprint density at radius 1 is 1.24 bits per heavy atom. The number of benzene rings is 2. The lowest BCUT2D eigenvalue weighted by atomic mass is 10.1. The van der Waals surface area contributed by atoms with Crippen LogP contribution in [-0.2, 0) is 11.2 Å². The number of nitrogens with zero attached hydrogens (tertiary/aromatic N) is 2. The van der Waals surface area contributed by atoms with Gasteiger partial charge in [0.1, 0.15) is 5.75 Å². The normalized spacial score (nSPS) is 10.5. The number of carbonyl (C=O) groups is 1. The van der Waals surface area contributed by atoms with Gasteiger partial charge < -0.3 is 9.15 Å². The molecule has 1 N–H and O–H groups in total. The summed E-state index contributed by atoms with van der Waals surface area (Å²) in [5, 5.41) is 10.8. The van der Waals surface area contributed by atoms with Gasteiger partial charge in [-0.25, -0.2) is 0 Å². The van der Waals surface area contributed by atoms with Crippen molar-refractivity contribution in [2.75, 3.05) is 12.4 Å². The smallest absolute Gasteiger partial charge is 0.322 e. The molecular formula is C18H16ClN3O3. The molecule has 0 aliphatic rings. The number of nitrogens with one attached hydrogen (secondary N) is 1. The number of anilines is 1. The first-order chi connectivity index (χ1) is 12.1. The third-order valence-corrected chi connectivity index (χ3v) is 3.93. The van der Waals surface area contributed by atoms with Crippen molar-refractivity contribution in [1.82, 2.24) is 10.2 Å². The number of rotatable bonds is 5. The van der Waals surface area contributed by atoms with Crippen LogP contribution in [0.4, 0.5) is 6.01 Å². The van der Waals surface area contributed by atoms with Crippen LogP contribution in [0.15, 0.2) is 46.9 Å². The summed E-state index contributed by atoms with van der Waals surface area (Å²) in [7, 11) is 1.61. The van der Waals surface area contributed by atoms with E-state index in [9.17, 15) is 4.79 Å². The zero-order valence-electron chi connectivity index (χ0n) is 13.7. The first-order valence-corrected chi connectivity index (χ1v) is 7.96. The van der Waals surface area contributed by atoms with E-state index in [-0.39, 0.29) is 24.2 Å². The van der Waals surface area contributed by atoms with Gasteiger partial charge in [-0.2, -0.15) is 0 Å². The molecule has 0 fully saturated rings. The van der Waals surface area contributed by atoms with E-state index in [0.29, 0.717) is 10.6 Å². The molecule has 2 aromatic carbocycles. The van der Waals surface area contributed by atoms with Crippen LogP contribution in [0, 0.1) is 6.92 Å². The van der Waals surface area contributed by atoms with Gasteiger partial charge in [0.15, 0.2) is 0 Å². The molecule has 1 heterocycles. The second kappa shape index (κ2) is 7.36. The molecule has 0 radical (unpaired) electrons. The van der Waals surface area contributed by atoms with Crippen LogP contribution >= 0.6 is 11.6 Å². The molecular weight excluding hydrogens is 342 g/mol. The van der Waals surface area contributed by atoms with E-state index < -0.39 is 0 Å². The number of carbonyl (C=O) groups excluding carboxylic acids is 1. The third kappa shape index (κ3) is 3.97. The largest absolute Gasteiger partial charge is 0.496 e. The van der Waals surface area contributed by atoms with Gasteiger partial charge in [-0.15, -0.1) is 5.10 Å². The Hall–Kier alpha value is -2.86. The van der Waals surface area contributed by atoms with E-state index in [1.807, 2.05) is 37.3 Å². The molecule has 0 spiro atoms. The van der Waals surface area contributed by atoms with E-state index in [0.717, 1.165) is 16.9 Å². The lowest BCUT2D eigenvalue weighted by molar-refractivity contribution is -0.115. The minimum absolute atomic E-state index is 0.0325. The Labute approximate surface area is 149 Å². The molecule has 0 atom stereocenters. The number of hydrogen-bond acceptors (Lipinski definition) is 5. The maximum absolute atomic E-state index is 12.2. The molecule has 0 saturated carbocycles. The molecule has 1 aromatic heterocycles. The maximum Gasteiger partial charge on any atom is 0.322 e. The van der Waals surface area contributed by atoms with E-state index in [1.54, 1.807) is 19.2 Å². The fraction of sp³-hybridized carbons (Fsp3) is 0.167. The summed E-state index contributed by atoms with van der Waals surface area (Å²) in [6.45, 7) is 1.92. The number of halogens is 1. The van der Waals surface area contributed by atoms with Gasteiger partial charge >= 0.3 is 6.01 Å². The number of amides is 1. The highest BCUT2D eigenvalue weighted by Gasteiger charge is 2.14. The van der Waals surface area contributed by atoms with E-state index in [4.69, 9.17) is 20.8 Å². The van der Waals surface area contributed by atoms with Crippen LogP contribution in [0.5, 0.6) is 5.75 Å². The van der Waals surface area contributed by atoms with E-state index >= 15 is 0 Å². The SMILES string of the molecule is COc1ccc(CC(=O)Nc2nnc(-c3ccccc3Cl)o2)cc1C. The monoisotopic (exact) mass is 357 g/mol. The summed E-state index contributed by atoms with van der Waals surface area (Å²) < 4.78 is 10.7. The Bertz CT molecular complexity index is 908. The fourth-order valence-electron chi connectivity index (χ4n) is 2.42. The van der Waals surface area contributed by atoms with Gasteiger partial charge in [0.25, 0.3) is 5.89 Å². The van der Waals surface area contributed by atoms with Crippen molar-refractivity contribution in [3.8, 4) is 17.2 Å². The molecule has 25 heavy (non-hydrogen) atoms. The minimum Gasteiger partial charge on any atom is -0.496 e. The zero-order valence-corrected chi connectivity index (χ0v) is 14.5. The van der Waals surface area contributed by atoms with Crippen LogP contribution in [-0.4, -0.2) is 23.2 Å².